The van der Waals surface area contributed by atoms with Crippen molar-refractivity contribution in [1.29, 1.82) is 0 Å². The maximum atomic E-state index is 14.5. The van der Waals surface area contributed by atoms with E-state index in [4.69, 9.17) is 0 Å². The van der Waals surface area contributed by atoms with Crippen molar-refractivity contribution in [3.63, 3.8) is 0 Å². The molecular weight excluding hydrogens is 336 g/mol. The summed E-state index contributed by atoms with van der Waals surface area (Å²) in [5.74, 6) is -1.27. The lowest BCUT2D eigenvalue weighted by molar-refractivity contribution is 0.00331. The molecule has 4 nitrogen and oxygen atoms in total. The molecule has 4 aliphatic heterocycles. The van der Waals surface area contributed by atoms with Crippen LogP contribution in [-0.2, 0) is 0 Å². The van der Waals surface area contributed by atoms with E-state index in [1.54, 1.807) is 12.1 Å². The van der Waals surface area contributed by atoms with Crippen molar-refractivity contribution in [3.05, 3.63) is 35.4 Å². The van der Waals surface area contributed by atoms with Gasteiger partial charge in [-0.25, -0.2) is 13.6 Å². The molecule has 0 radical (unpaired) electrons. The van der Waals surface area contributed by atoms with Gasteiger partial charge in [0.2, 0.25) is 0 Å². The summed E-state index contributed by atoms with van der Waals surface area (Å²) in [6, 6.07) is 4.56. The molecule has 0 aliphatic carbocycles. The van der Waals surface area contributed by atoms with Gasteiger partial charge in [0.25, 0.3) is 0 Å². The number of nitrogens with zero attached hydrogens (tertiary/aromatic N) is 2. The first-order valence-electron chi connectivity index (χ1n) is 9.84. The molecular formula is C20H27F2N3O. The standard InChI is InChI=1S/C20H27F2N3O/c1-2-3-9-23-20(26)25-12-15(14-5-4-6-16(21)17(14)22)19-18(25)13-7-10-24(19)11-8-13/h4-6,13,15,18-19H,2-3,7-12H2,1H3,(H,23,26)/t15-,18+,19+/m1/s1. The third kappa shape index (κ3) is 2.88. The van der Waals surface area contributed by atoms with E-state index in [1.165, 1.54) is 0 Å². The lowest BCUT2D eigenvalue weighted by atomic mass is 9.75. The molecule has 4 fully saturated rings. The Morgan fingerprint density at radius 2 is 2.00 bits per heavy atom. The zero-order chi connectivity index (χ0) is 18.3. The molecule has 6 heteroatoms. The van der Waals surface area contributed by atoms with Crippen LogP contribution in [-0.4, -0.2) is 54.1 Å². The van der Waals surface area contributed by atoms with Gasteiger partial charge in [-0.2, -0.15) is 0 Å². The molecule has 1 aromatic rings. The van der Waals surface area contributed by atoms with E-state index in [0.717, 1.165) is 44.8 Å². The molecule has 3 atom stereocenters. The highest BCUT2D eigenvalue weighted by Gasteiger charge is 2.55. The predicted molar refractivity (Wildman–Crippen MR) is 96.0 cm³/mol. The van der Waals surface area contributed by atoms with Crippen LogP contribution in [0.2, 0.25) is 0 Å². The quantitative estimate of drug-likeness (QED) is 0.833. The Morgan fingerprint density at radius 3 is 2.73 bits per heavy atom. The van der Waals surface area contributed by atoms with E-state index in [-0.39, 0.29) is 24.0 Å². The van der Waals surface area contributed by atoms with E-state index in [1.807, 2.05) is 4.90 Å². The number of carbonyl (C=O) groups is 1. The van der Waals surface area contributed by atoms with E-state index in [2.05, 4.69) is 17.1 Å². The first-order valence-corrected chi connectivity index (χ1v) is 9.84. The monoisotopic (exact) mass is 363 g/mol. The van der Waals surface area contributed by atoms with E-state index < -0.39 is 11.6 Å². The van der Waals surface area contributed by atoms with Crippen LogP contribution in [0.5, 0.6) is 0 Å². The molecule has 26 heavy (non-hydrogen) atoms. The minimum absolute atomic E-state index is 0.0542. The van der Waals surface area contributed by atoms with Crippen LogP contribution < -0.4 is 5.32 Å². The summed E-state index contributed by atoms with van der Waals surface area (Å²) in [7, 11) is 0. The Labute approximate surface area is 153 Å². The van der Waals surface area contributed by atoms with Gasteiger partial charge in [0.05, 0.1) is 6.04 Å². The number of benzene rings is 1. The molecule has 5 rings (SSSR count). The van der Waals surface area contributed by atoms with Crippen molar-refractivity contribution in [2.24, 2.45) is 5.92 Å². The second kappa shape index (κ2) is 7.14. The second-order valence-corrected chi connectivity index (χ2v) is 7.84. The minimum Gasteiger partial charge on any atom is -0.338 e. The number of rotatable bonds is 4. The number of fused-ring (bicyclic) bond motifs is 2. The van der Waals surface area contributed by atoms with Gasteiger partial charge >= 0.3 is 6.03 Å². The number of urea groups is 1. The molecule has 142 valence electrons. The number of nitrogens with one attached hydrogen (secondary N) is 1. The number of piperidine rings is 3. The van der Waals surface area contributed by atoms with Gasteiger partial charge in [-0.15, -0.1) is 0 Å². The Kier molecular flexibility index (Phi) is 4.86. The molecule has 4 aliphatic rings. The molecule has 0 aromatic heterocycles. The van der Waals surface area contributed by atoms with Gasteiger partial charge in [-0.1, -0.05) is 25.5 Å². The van der Waals surface area contributed by atoms with Crippen LogP contribution in [0.15, 0.2) is 18.2 Å². The molecule has 4 saturated heterocycles. The molecule has 0 saturated carbocycles. The number of likely N-dealkylation sites (tertiary alicyclic amines) is 1. The normalized spacial score (nSPS) is 32.6. The Balaban J connectivity index is 1.64. The van der Waals surface area contributed by atoms with Crippen molar-refractivity contribution in [2.75, 3.05) is 26.2 Å². The average Bonchev–Trinajstić information content (AvgIpc) is 3.08. The zero-order valence-electron chi connectivity index (χ0n) is 15.3. The third-order valence-electron chi connectivity index (χ3n) is 6.44. The first-order chi connectivity index (χ1) is 12.6. The fraction of sp³-hybridized carbons (Fsp3) is 0.650. The third-order valence-corrected chi connectivity index (χ3v) is 6.44. The topological polar surface area (TPSA) is 35.6 Å². The molecule has 4 heterocycles. The van der Waals surface area contributed by atoms with Crippen LogP contribution in [0.3, 0.4) is 0 Å². The highest BCUT2D eigenvalue weighted by molar-refractivity contribution is 5.75. The van der Waals surface area contributed by atoms with Crippen LogP contribution in [0.1, 0.15) is 44.1 Å². The van der Waals surface area contributed by atoms with Crippen LogP contribution in [0.4, 0.5) is 13.6 Å². The van der Waals surface area contributed by atoms with Crippen molar-refractivity contribution in [3.8, 4) is 0 Å². The van der Waals surface area contributed by atoms with Crippen LogP contribution in [0, 0.1) is 17.6 Å². The van der Waals surface area contributed by atoms with Crippen LogP contribution in [0.25, 0.3) is 0 Å². The van der Waals surface area contributed by atoms with Crippen molar-refractivity contribution < 1.29 is 13.6 Å². The second-order valence-electron chi connectivity index (χ2n) is 7.84. The number of carbonyl (C=O) groups excluding carboxylic acids is 1. The number of hydrogen-bond donors (Lipinski definition) is 1. The smallest absolute Gasteiger partial charge is 0.317 e. The minimum atomic E-state index is -0.805. The summed E-state index contributed by atoms with van der Waals surface area (Å²) in [6.07, 6.45) is 4.14. The number of amides is 2. The van der Waals surface area contributed by atoms with Gasteiger partial charge < -0.3 is 10.2 Å². The highest BCUT2D eigenvalue weighted by atomic mass is 19.2. The van der Waals surface area contributed by atoms with Crippen molar-refractivity contribution >= 4 is 6.03 Å². The zero-order valence-corrected chi connectivity index (χ0v) is 15.3. The van der Waals surface area contributed by atoms with E-state index in [0.29, 0.717) is 24.6 Å². The Hall–Kier alpha value is -1.69. The largest absolute Gasteiger partial charge is 0.338 e. The lowest BCUT2D eigenvalue weighted by Crippen LogP contribution is -2.61. The van der Waals surface area contributed by atoms with E-state index >= 15 is 0 Å². The maximum Gasteiger partial charge on any atom is 0.317 e. The van der Waals surface area contributed by atoms with E-state index in [9.17, 15) is 13.6 Å². The summed E-state index contributed by atoms with van der Waals surface area (Å²) in [6.45, 7) is 5.19. The number of unbranched alkanes of at least 4 members (excludes halogenated alkanes) is 1. The molecule has 0 unspecified atom stereocenters. The molecule has 0 spiro atoms. The molecule has 1 N–H and O–H groups in total. The maximum absolute atomic E-state index is 14.5. The summed E-state index contributed by atoms with van der Waals surface area (Å²) in [4.78, 5) is 17.1. The summed E-state index contributed by atoms with van der Waals surface area (Å²) < 4.78 is 28.3. The fourth-order valence-corrected chi connectivity index (χ4v) is 5.21. The SMILES string of the molecule is CCCCNC(=O)N1C[C@H](c2cccc(F)c2F)[C@H]2[C@@H]1C1CCN2CC1. The van der Waals surface area contributed by atoms with Gasteiger partial charge in [0.1, 0.15) is 0 Å². The van der Waals surface area contributed by atoms with Crippen molar-refractivity contribution in [1.82, 2.24) is 15.1 Å². The Morgan fingerprint density at radius 1 is 1.23 bits per heavy atom. The highest BCUT2D eigenvalue weighted by Crippen LogP contribution is 2.47. The van der Waals surface area contributed by atoms with Gasteiger partial charge in [0, 0.05) is 25.0 Å². The fourth-order valence-electron chi connectivity index (χ4n) is 5.21. The lowest BCUT2D eigenvalue weighted by Gasteiger charge is -2.51. The Bertz CT molecular complexity index is 675. The van der Waals surface area contributed by atoms with Gasteiger partial charge in [-0.3, -0.25) is 4.90 Å². The van der Waals surface area contributed by atoms with Gasteiger partial charge in [-0.05, 0) is 49.9 Å². The summed E-state index contributed by atoms with van der Waals surface area (Å²) in [5.41, 5.74) is 0.413. The van der Waals surface area contributed by atoms with Gasteiger partial charge in [0.15, 0.2) is 11.6 Å². The molecule has 1 aromatic carbocycles. The summed E-state index contributed by atoms with van der Waals surface area (Å²) in [5, 5.41) is 3.02. The molecule has 2 bridgehead atoms. The number of hydrogen-bond acceptors (Lipinski definition) is 2. The number of halogens is 2. The van der Waals surface area contributed by atoms with Crippen LogP contribution >= 0.6 is 0 Å². The molecule has 2 amide bonds. The summed E-state index contributed by atoms with van der Waals surface area (Å²) >= 11 is 0. The first kappa shape index (κ1) is 17.7. The predicted octanol–water partition coefficient (Wildman–Crippen LogP) is 3.34. The van der Waals surface area contributed by atoms with Crippen molar-refractivity contribution in [2.45, 2.75) is 50.6 Å². The average molecular weight is 363 g/mol.